The van der Waals surface area contributed by atoms with Crippen LogP contribution in [0.1, 0.15) is 41.7 Å². The number of aliphatic hydroxyl groups is 1. The van der Waals surface area contributed by atoms with Crippen LogP contribution in [0.5, 0.6) is 5.75 Å². The number of ether oxygens (including phenoxy) is 1. The molecule has 1 aliphatic carbocycles. The molecule has 2 aromatic carbocycles. The normalized spacial score (nSPS) is 14.8. The molecule has 0 radical (unpaired) electrons. The lowest BCUT2D eigenvalue weighted by Gasteiger charge is -2.13. The van der Waals surface area contributed by atoms with Crippen molar-refractivity contribution in [1.82, 2.24) is 0 Å². The van der Waals surface area contributed by atoms with Crippen LogP contribution in [0.3, 0.4) is 0 Å². The van der Waals surface area contributed by atoms with Gasteiger partial charge in [0.25, 0.3) is 0 Å². The van der Waals surface area contributed by atoms with E-state index < -0.39 is 6.10 Å². The zero-order valence-corrected chi connectivity index (χ0v) is 12.5. The highest BCUT2D eigenvalue weighted by molar-refractivity contribution is 5.36. The summed E-state index contributed by atoms with van der Waals surface area (Å²) in [6.45, 7) is 2.63. The Balaban J connectivity index is 1.69. The number of aliphatic hydroxyl groups excluding tert-OH is 1. The zero-order chi connectivity index (χ0) is 14.7. The van der Waals surface area contributed by atoms with Crippen molar-refractivity contribution in [1.29, 1.82) is 0 Å². The maximum absolute atomic E-state index is 10.4. The highest BCUT2D eigenvalue weighted by atomic mass is 16.5. The van der Waals surface area contributed by atoms with E-state index in [9.17, 15) is 5.11 Å². The molecule has 1 unspecified atom stereocenters. The molecule has 3 rings (SSSR count). The Morgan fingerprint density at radius 3 is 2.57 bits per heavy atom. The number of rotatable bonds is 5. The molecule has 1 aliphatic rings. The van der Waals surface area contributed by atoms with Gasteiger partial charge in [-0.3, -0.25) is 0 Å². The summed E-state index contributed by atoms with van der Waals surface area (Å²) in [5, 5.41) is 10.4. The molecule has 0 amide bonds. The van der Waals surface area contributed by atoms with E-state index in [1.54, 1.807) is 0 Å². The second-order valence-corrected chi connectivity index (χ2v) is 5.68. The number of aryl methyl sites for hydroxylation is 2. The molecule has 0 aliphatic heterocycles. The SMILES string of the molecule is CCOc1ccc(C(O)Cc2ccc3c(c2)CCC3)cc1. The van der Waals surface area contributed by atoms with Gasteiger partial charge in [-0.25, -0.2) is 0 Å². The molecule has 0 spiro atoms. The molecular weight excluding hydrogens is 260 g/mol. The van der Waals surface area contributed by atoms with Gasteiger partial charge in [-0.2, -0.15) is 0 Å². The molecule has 110 valence electrons. The second-order valence-electron chi connectivity index (χ2n) is 5.68. The van der Waals surface area contributed by atoms with E-state index in [4.69, 9.17) is 4.74 Å². The quantitative estimate of drug-likeness (QED) is 0.902. The minimum atomic E-state index is -0.458. The fraction of sp³-hybridized carbons (Fsp3) is 0.368. The first kappa shape index (κ1) is 14.2. The monoisotopic (exact) mass is 282 g/mol. The second kappa shape index (κ2) is 6.31. The Hall–Kier alpha value is -1.80. The third-order valence-corrected chi connectivity index (χ3v) is 4.17. The van der Waals surface area contributed by atoms with Gasteiger partial charge in [-0.05, 0) is 60.6 Å². The smallest absolute Gasteiger partial charge is 0.119 e. The molecule has 0 heterocycles. The highest BCUT2D eigenvalue weighted by Gasteiger charge is 2.13. The van der Waals surface area contributed by atoms with Gasteiger partial charge in [0.15, 0.2) is 0 Å². The van der Waals surface area contributed by atoms with Crippen molar-refractivity contribution in [2.75, 3.05) is 6.61 Å². The fourth-order valence-corrected chi connectivity index (χ4v) is 3.05. The first-order chi connectivity index (χ1) is 10.3. The summed E-state index contributed by atoms with van der Waals surface area (Å²) in [5.41, 5.74) is 5.11. The Morgan fingerprint density at radius 1 is 1.05 bits per heavy atom. The summed E-state index contributed by atoms with van der Waals surface area (Å²) in [4.78, 5) is 0. The van der Waals surface area contributed by atoms with Gasteiger partial charge in [-0.15, -0.1) is 0 Å². The maximum Gasteiger partial charge on any atom is 0.119 e. The van der Waals surface area contributed by atoms with Crippen LogP contribution < -0.4 is 4.74 Å². The van der Waals surface area contributed by atoms with Crippen molar-refractivity contribution in [2.45, 2.75) is 38.7 Å². The molecule has 0 aromatic heterocycles. The number of benzene rings is 2. The molecule has 0 fully saturated rings. The Morgan fingerprint density at radius 2 is 1.81 bits per heavy atom. The lowest BCUT2D eigenvalue weighted by Crippen LogP contribution is -2.02. The largest absolute Gasteiger partial charge is 0.494 e. The predicted octanol–water partition coefficient (Wildman–Crippen LogP) is 3.85. The van der Waals surface area contributed by atoms with Crippen LogP contribution in [0.2, 0.25) is 0 Å². The minimum absolute atomic E-state index is 0.458. The Labute approximate surface area is 126 Å². The minimum Gasteiger partial charge on any atom is -0.494 e. The molecule has 0 saturated heterocycles. The van der Waals surface area contributed by atoms with E-state index >= 15 is 0 Å². The standard InChI is InChI=1S/C19H22O2/c1-2-21-18-10-8-16(9-11-18)19(20)13-14-6-7-15-4-3-5-17(15)12-14/h6-12,19-20H,2-5,13H2,1H3. The first-order valence-corrected chi connectivity index (χ1v) is 7.78. The number of hydrogen-bond donors (Lipinski definition) is 1. The van der Waals surface area contributed by atoms with Gasteiger partial charge < -0.3 is 9.84 Å². The van der Waals surface area contributed by atoms with E-state index in [1.165, 1.54) is 36.0 Å². The molecule has 0 bridgehead atoms. The predicted molar refractivity (Wildman–Crippen MR) is 84.7 cm³/mol. The van der Waals surface area contributed by atoms with Crippen molar-refractivity contribution in [2.24, 2.45) is 0 Å². The molecule has 2 nitrogen and oxygen atoms in total. The number of fused-ring (bicyclic) bond motifs is 1. The average Bonchev–Trinajstić information content (AvgIpc) is 2.96. The third kappa shape index (κ3) is 3.27. The molecule has 2 aromatic rings. The molecular formula is C19H22O2. The molecule has 21 heavy (non-hydrogen) atoms. The molecule has 1 atom stereocenters. The van der Waals surface area contributed by atoms with Crippen LogP contribution in [-0.4, -0.2) is 11.7 Å². The van der Waals surface area contributed by atoms with Crippen molar-refractivity contribution < 1.29 is 9.84 Å². The maximum atomic E-state index is 10.4. The molecule has 0 saturated carbocycles. The van der Waals surface area contributed by atoms with Crippen molar-refractivity contribution in [3.63, 3.8) is 0 Å². The van der Waals surface area contributed by atoms with E-state index in [0.29, 0.717) is 13.0 Å². The fourth-order valence-electron chi connectivity index (χ4n) is 3.05. The summed E-state index contributed by atoms with van der Waals surface area (Å²) >= 11 is 0. The summed E-state index contributed by atoms with van der Waals surface area (Å²) in [5.74, 6) is 0.853. The van der Waals surface area contributed by atoms with E-state index in [-0.39, 0.29) is 0 Å². The van der Waals surface area contributed by atoms with E-state index in [0.717, 1.165) is 11.3 Å². The summed E-state index contributed by atoms with van der Waals surface area (Å²) < 4.78 is 5.43. The summed E-state index contributed by atoms with van der Waals surface area (Å²) in [6.07, 6.45) is 3.86. The van der Waals surface area contributed by atoms with E-state index in [1.807, 2.05) is 31.2 Å². The van der Waals surface area contributed by atoms with Crippen LogP contribution in [0.25, 0.3) is 0 Å². The Kier molecular flexibility index (Phi) is 4.26. The van der Waals surface area contributed by atoms with Crippen LogP contribution >= 0.6 is 0 Å². The van der Waals surface area contributed by atoms with Gasteiger partial charge in [0.1, 0.15) is 5.75 Å². The van der Waals surface area contributed by atoms with E-state index in [2.05, 4.69) is 18.2 Å². The van der Waals surface area contributed by atoms with Crippen LogP contribution in [-0.2, 0) is 19.3 Å². The Bertz CT molecular complexity index is 601. The van der Waals surface area contributed by atoms with Crippen molar-refractivity contribution >= 4 is 0 Å². The van der Waals surface area contributed by atoms with Gasteiger partial charge >= 0.3 is 0 Å². The van der Waals surface area contributed by atoms with Crippen molar-refractivity contribution in [3.05, 3.63) is 64.7 Å². The van der Waals surface area contributed by atoms with Gasteiger partial charge in [0.05, 0.1) is 12.7 Å². The van der Waals surface area contributed by atoms with Crippen LogP contribution in [0.4, 0.5) is 0 Å². The summed E-state index contributed by atoms with van der Waals surface area (Å²) in [7, 11) is 0. The first-order valence-electron chi connectivity index (χ1n) is 7.78. The van der Waals surface area contributed by atoms with Gasteiger partial charge in [0.2, 0.25) is 0 Å². The average molecular weight is 282 g/mol. The molecule has 1 N–H and O–H groups in total. The third-order valence-electron chi connectivity index (χ3n) is 4.17. The van der Waals surface area contributed by atoms with Crippen LogP contribution in [0, 0.1) is 0 Å². The van der Waals surface area contributed by atoms with Gasteiger partial charge in [0, 0.05) is 6.42 Å². The van der Waals surface area contributed by atoms with Crippen molar-refractivity contribution in [3.8, 4) is 5.75 Å². The highest BCUT2D eigenvalue weighted by Crippen LogP contribution is 2.26. The van der Waals surface area contributed by atoms with Gasteiger partial charge in [-0.1, -0.05) is 30.3 Å². The van der Waals surface area contributed by atoms with Crippen LogP contribution in [0.15, 0.2) is 42.5 Å². The lowest BCUT2D eigenvalue weighted by molar-refractivity contribution is 0.178. The number of hydrogen-bond acceptors (Lipinski definition) is 2. The summed E-state index contributed by atoms with van der Waals surface area (Å²) in [6, 6.07) is 14.4. The zero-order valence-electron chi connectivity index (χ0n) is 12.5. The molecule has 2 heteroatoms. The lowest BCUT2D eigenvalue weighted by atomic mass is 9.98. The topological polar surface area (TPSA) is 29.5 Å².